The van der Waals surface area contributed by atoms with Gasteiger partial charge in [0.05, 0.1) is 11.0 Å². The van der Waals surface area contributed by atoms with Crippen molar-refractivity contribution in [2.75, 3.05) is 25.9 Å². The van der Waals surface area contributed by atoms with Crippen LogP contribution in [-0.4, -0.2) is 34.6 Å². The van der Waals surface area contributed by atoms with Crippen molar-refractivity contribution in [2.24, 2.45) is 5.41 Å². The minimum atomic E-state index is 0.319. The van der Waals surface area contributed by atoms with E-state index in [4.69, 9.17) is 5.73 Å². The minimum Gasteiger partial charge on any atom is -0.369 e. The van der Waals surface area contributed by atoms with E-state index in [2.05, 4.69) is 53.5 Å². The molecule has 0 spiro atoms. The first-order valence-electron chi connectivity index (χ1n) is 7.38. The van der Waals surface area contributed by atoms with E-state index in [1.54, 1.807) is 0 Å². The maximum Gasteiger partial charge on any atom is 0.201 e. The Morgan fingerprint density at radius 1 is 1.30 bits per heavy atom. The van der Waals surface area contributed by atoms with Gasteiger partial charge in [-0.05, 0) is 63.0 Å². The van der Waals surface area contributed by atoms with E-state index in [0.717, 1.165) is 17.6 Å². The average molecular weight is 272 g/mol. The quantitative estimate of drug-likeness (QED) is 0.914. The summed E-state index contributed by atoms with van der Waals surface area (Å²) in [4.78, 5) is 6.92. The van der Waals surface area contributed by atoms with Gasteiger partial charge in [-0.1, -0.05) is 13.0 Å². The average Bonchev–Trinajstić information content (AvgIpc) is 2.69. The number of nitrogens with zero attached hydrogens (tertiary/aromatic N) is 3. The number of rotatable bonds is 2. The van der Waals surface area contributed by atoms with Crippen LogP contribution in [0.4, 0.5) is 5.95 Å². The number of imidazole rings is 1. The highest BCUT2D eigenvalue weighted by Crippen LogP contribution is 2.34. The van der Waals surface area contributed by atoms with Gasteiger partial charge in [-0.25, -0.2) is 4.98 Å². The van der Waals surface area contributed by atoms with Crippen LogP contribution in [0.25, 0.3) is 11.0 Å². The summed E-state index contributed by atoms with van der Waals surface area (Å²) in [5, 5.41) is 0. The summed E-state index contributed by atoms with van der Waals surface area (Å²) in [6.45, 7) is 7.77. The molecule has 1 fully saturated rings. The van der Waals surface area contributed by atoms with Crippen LogP contribution in [0, 0.1) is 12.3 Å². The Bertz CT molecular complexity index is 621. The van der Waals surface area contributed by atoms with Crippen molar-refractivity contribution in [2.45, 2.75) is 33.2 Å². The molecule has 0 unspecified atom stereocenters. The third kappa shape index (κ3) is 2.40. The van der Waals surface area contributed by atoms with Crippen LogP contribution in [0.5, 0.6) is 0 Å². The molecule has 4 heteroatoms. The molecule has 0 aliphatic carbocycles. The monoisotopic (exact) mass is 272 g/mol. The molecule has 20 heavy (non-hydrogen) atoms. The molecule has 0 radical (unpaired) electrons. The van der Waals surface area contributed by atoms with Gasteiger partial charge in [0.25, 0.3) is 0 Å². The van der Waals surface area contributed by atoms with Crippen molar-refractivity contribution >= 4 is 17.0 Å². The Hall–Kier alpha value is -1.55. The van der Waals surface area contributed by atoms with Gasteiger partial charge in [-0.15, -0.1) is 0 Å². The summed E-state index contributed by atoms with van der Waals surface area (Å²) in [5.74, 6) is 0.644. The van der Waals surface area contributed by atoms with Crippen molar-refractivity contribution < 1.29 is 0 Å². The molecule has 0 amide bonds. The Balaban J connectivity index is 1.92. The van der Waals surface area contributed by atoms with Crippen LogP contribution in [0.2, 0.25) is 0 Å². The third-order valence-electron chi connectivity index (χ3n) is 4.67. The van der Waals surface area contributed by atoms with Gasteiger partial charge in [-0.2, -0.15) is 0 Å². The summed E-state index contributed by atoms with van der Waals surface area (Å²) in [6, 6.07) is 6.39. The molecule has 108 valence electrons. The lowest BCUT2D eigenvalue weighted by Crippen LogP contribution is -2.38. The summed E-state index contributed by atoms with van der Waals surface area (Å²) >= 11 is 0. The van der Waals surface area contributed by atoms with Crippen molar-refractivity contribution in [1.82, 2.24) is 14.5 Å². The SMILES string of the molecule is Cc1ccc2c(c1)nc(N)n2CC1(C)CCN(C)CC1. The number of hydrogen-bond acceptors (Lipinski definition) is 3. The maximum absolute atomic E-state index is 6.15. The fourth-order valence-corrected chi connectivity index (χ4v) is 3.12. The molecule has 0 atom stereocenters. The number of aryl methyl sites for hydroxylation is 1. The molecular weight excluding hydrogens is 248 g/mol. The number of hydrogen-bond donors (Lipinski definition) is 1. The normalized spacial score (nSPS) is 19.6. The van der Waals surface area contributed by atoms with Gasteiger partial charge >= 0.3 is 0 Å². The predicted molar refractivity (Wildman–Crippen MR) is 83.7 cm³/mol. The molecular formula is C16H24N4. The van der Waals surface area contributed by atoms with E-state index < -0.39 is 0 Å². The number of benzene rings is 1. The summed E-state index contributed by atoms with van der Waals surface area (Å²) < 4.78 is 2.19. The Morgan fingerprint density at radius 3 is 2.70 bits per heavy atom. The zero-order valence-corrected chi connectivity index (χ0v) is 12.7. The molecule has 2 N–H and O–H groups in total. The fourth-order valence-electron chi connectivity index (χ4n) is 3.12. The Kier molecular flexibility index (Phi) is 3.21. The smallest absolute Gasteiger partial charge is 0.201 e. The summed E-state index contributed by atoms with van der Waals surface area (Å²) in [5.41, 5.74) is 9.87. The van der Waals surface area contributed by atoms with Crippen molar-refractivity contribution in [1.29, 1.82) is 0 Å². The number of piperidine rings is 1. The lowest BCUT2D eigenvalue weighted by atomic mass is 9.80. The molecule has 1 aromatic heterocycles. The van der Waals surface area contributed by atoms with Crippen LogP contribution in [-0.2, 0) is 6.54 Å². The second kappa shape index (κ2) is 4.77. The highest BCUT2D eigenvalue weighted by atomic mass is 15.2. The van der Waals surface area contributed by atoms with Gasteiger partial charge in [0.1, 0.15) is 0 Å². The molecule has 2 aromatic rings. The van der Waals surface area contributed by atoms with Crippen LogP contribution in [0.1, 0.15) is 25.3 Å². The number of fused-ring (bicyclic) bond motifs is 1. The van der Waals surface area contributed by atoms with Crippen LogP contribution < -0.4 is 5.73 Å². The topological polar surface area (TPSA) is 47.1 Å². The van der Waals surface area contributed by atoms with E-state index in [9.17, 15) is 0 Å². The first-order chi connectivity index (χ1) is 9.47. The zero-order chi connectivity index (χ0) is 14.3. The van der Waals surface area contributed by atoms with Crippen LogP contribution in [0.3, 0.4) is 0 Å². The van der Waals surface area contributed by atoms with Crippen molar-refractivity contribution in [3.05, 3.63) is 23.8 Å². The van der Waals surface area contributed by atoms with Crippen LogP contribution >= 0.6 is 0 Å². The molecule has 1 aliphatic heterocycles. The second-order valence-corrected chi connectivity index (χ2v) is 6.66. The summed E-state index contributed by atoms with van der Waals surface area (Å²) in [6.07, 6.45) is 2.43. The number of nitrogen functional groups attached to an aromatic ring is 1. The largest absolute Gasteiger partial charge is 0.369 e. The predicted octanol–water partition coefficient (Wildman–Crippen LogP) is 2.66. The van der Waals surface area contributed by atoms with E-state index in [0.29, 0.717) is 11.4 Å². The van der Waals surface area contributed by atoms with Gasteiger partial charge < -0.3 is 15.2 Å². The van der Waals surface area contributed by atoms with E-state index >= 15 is 0 Å². The maximum atomic E-state index is 6.15. The first-order valence-corrected chi connectivity index (χ1v) is 7.38. The molecule has 1 aromatic carbocycles. The van der Waals surface area contributed by atoms with E-state index in [1.165, 1.54) is 31.5 Å². The highest BCUT2D eigenvalue weighted by Gasteiger charge is 2.30. The van der Waals surface area contributed by atoms with Crippen LogP contribution in [0.15, 0.2) is 18.2 Å². The summed E-state index contributed by atoms with van der Waals surface area (Å²) in [7, 11) is 2.20. The molecule has 1 saturated heterocycles. The first kappa shape index (κ1) is 13.4. The standard InChI is InChI=1S/C16H24N4/c1-12-4-5-14-13(10-12)18-15(17)20(14)11-16(2)6-8-19(3)9-7-16/h4-5,10H,6-9,11H2,1-3H3,(H2,17,18). The fraction of sp³-hybridized carbons (Fsp3) is 0.562. The van der Waals surface area contributed by atoms with Crippen molar-refractivity contribution in [3.8, 4) is 0 Å². The lowest BCUT2D eigenvalue weighted by molar-refractivity contribution is 0.122. The number of likely N-dealkylation sites (tertiary alicyclic amines) is 1. The highest BCUT2D eigenvalue weighted by molar-refractivity contribution is 5.79. The number of nitrogens with two attached hydrogens (primary N) is 1. The van der Waals surface area contributed by atoms with Gasteiger partial charge in [-0.3, -0.25) is 0 Å². The van der Waals surface area contributed by atoms with E-state index in [-0.39, 0.29) is 0 Å². The number of aromatic nitrogens is 2. The molecule has 1 aliphatic rings. The molecule has 0 saturated carbocycles. The van der Waals surface area contributed by atoms with Crippen molar-refractivity contribution in [3.63, 3.8) is 0 Å². The molecule has 3 rings (SSSR count). The number of anilines is 1. The molecule has 0 bridgehead atoms. The second-order valence-electron chi connectivity index (χ2n) is 6.66. The third-order valence-corrected chi connectivity index (χ3v) is 4.67. The van der Waals surface area contributed by atoms with Gasteiger partial charge in [0.2, 0.25) is 5.95 Å². The molecule has 2 heterocycles. The van der Waals surface area contributed by atoms with Gasteiger partial charge in [0, 0.05) is 6.54 Å². The molecule has 4 nitrogen and oxygen atoms in total. The van der Waals surface area contributed by atoms with E-state index in [1.807, 2.05) is 0 Å². The lowest BCUT2D eigenvalue weighted by Gasteiger charge is -2.38. The Morgan fingerprint density at radius 2 is 2.00 bits per heavy atom. The van der Waals surface area contributed by atoms with Gasteiger partial charge in [0.15, 0.2) is 0 Å². The Labute approximate surface area is 120 Å². The minimum absolute atomic E-state index is 0.319. The zero-order valence-electron chi connectivity index (χ0n) is 12.7.